The maximum atomic E-state index is 12.9. The van der Waals surface area contributed by atoms with Crippen molar-refractivity contribution in [3.8, 4) is 0 Å². The molecule has 2 aromatic rings. The van der Waals surface area contributed by atoms with Gasteiger partial charge in [-0.3, -0.25) is 14.4 Å². The van der Waals surface area contributed by atoms with E-state index in [0.29, 0.717) is 22.9 Å². The molecule has 210 valence electrons. The minimum Gasteiger partial charge on any atom is -0.503 e. The molecule has 2 aromatic carbocycles. The van der Waals surface area contributed by atoms with Crippen LogP contribution >= 0.6 is 23.2 Å². The summed E-state index contributed by atoms with van der Waals surface area (Å²) in [5.41, 5.74) is 0.250. The summed E-state index contributed by atoms with van der Waals surface area (Å²) in [6, 6.07) is 9.55. The van der Waals surface area contributed by atoms with Gasteiger partial charge in [-0.1, -0.05) is 47.5 Å². The van der Waals surface area contributed by atoms with Crippen LogP contribution in [0.25, 0.3) is 0 Å². The Morgan fingerprint density at radius 2 is 1.85 bits per heavy atom. The number of carbonyl (C=O) groups is 3. The van der Waals surface area contributed by atoms with Crippen LogP contribution in [0.15, 0.2) is 53.8 Å². The number of aliphatic hydroxyl groups excluding tert-OH is 1. The molecule has 39 heavy (non-hydrogen) atoms. The number of aliphatic hydroxyl groups is 1. The van der Waals surface area contributed by atoms with Crippen molar-refractivity contribution in [1.82, 2.24) is 15.1 Å². The first-order valence-electron chi connectivity index (χ1n) is 12.1. The summed E-state index contributed by atoms with van der Waals surface area (Å²) in [6.45, 7) is 1.75. The Morgan fingerprint density at radius 3 is 2.51 bits per heavy atom. The van der Waals surface area contributed by atoms with Crippen LogP contribution in [0.3, 0.4) is 0 Å². The molecule has 0 radical (unpaired) electrons. The molecular formula is C27H28Cl2F3N3O4. The predicted molar refractivity (Wildman–Crippen MR) is 141 cm³/mol. The summed E-state index contributed by atoms with van der Waals surface area (Å²) in [5, 5.41) is 13.9. The van der Waals surface area contributed by atoms with Crippen molar-refractivity contribution < 1.29 is 32.7 Å². The van der Waals surface area contributed by atoms with Gasteiger partial charge in [0.1, 0.15) is 0 Å². The molecule has 1 aliphatic heterocycles. The van der Waals surface area contributed by atoms with Gasteiger partial charge in [0.25, 0.3) is 11.8 Å². The molecule has 1 unspecified atom stereocenters. The SMILES string of the molecule is CC(CCc1ccc(Cl)c(Cl)c1)NC(=O)C1=C(O)C(=O)N(CCN(C)C(=O)Cc2cccc(C(F)(F)F)c2)C1. The number of aryl methyl sites for hydroxylation is 1. The van der Waals surface area contributed by atoms with E-state index >= 15 is 0 Å². The van der Waals surface area contributed by atoms with Gasteiger partial charge in [0.05, 0.1) is 34.1 Å². The van der Waals surface area contributed by atoms with Gasteiger partial charge in [0.2, 0.25) is 5.91 Å². The van der Waals surface area contributed by atoms with Crippen molar-refractivity contribution in [3.05, 3.63) is 80.5 Å². The van der Waals surface area contributed by atoms with Crippen LogP contribution in [0.2, 0.25) is 10.0 Å². The molecule has 0 saturated heterocycles. The topological polar surface area (TPSA) is 89.9 Å². The van der Waals surface area contributed by atoms with Crippen LogP contribution in [-0.4, -0.2) is 65.4 Å². The smallest absolute Gasteiger partial charge is 0.416 e. The van der Waals surface area contributed by atoms with Gasteiger partial charge in [0, 0.05) is 26.2 Å². The van der Waals surface area contributed by atoms with Crippen molar-refractivity contribution in [2.75, 3.05) is 26.7 Å². The van der Waals surface area contributed by atoms with Crippen molar-refractivity contribution >= 4 is 40.9 Å². The second kappa shape index (κ2) is 12.7. The highest BCUT2D eigenvalue weighted by Crippen LogP contribution is 2.29. The highest BCUT2D eigenvalue weighted by molar-refractivity contribution is 6.42. The third kappa shape index (κ3) is 8.12. The average Bonchev–Trinajstić information content (AvgIpc) is 3.16. The Labute approximate surface area is 234 Å². The molecule has 2 N–H and O–H groups in total. The molecule has 1 heterocycles. The number of rotatable bonds is 10. The second-order valence-electron chi connectivity index (χ2n) is 9.41. The number of halogens is 5. The van der Waals surface area contributed by atoms with E-state index in [1.54, 1.807) is 19.1 Å². The van der Waals surface area contributed by atoms with E-state index in [9.17, 15) is 32.7 Å². The third-order valence-electron chi connectivity index (χ3n) is 6.37. The van der Waals surface area contributed by atoms with E-state index in [2.05, 4.69) is 5.32 Å². The maximum absolute atomic E-state index is 12.9. The molecular weight excluding hydrogens is 558 g/mol. The number of alkyl halides is 3. The first-order valence-corrected chi connectivity index (χ1v) is 12.9. The fourth-order valence-electron chi connectivity index (χ4n) is 4.00. The summed E-state index contributed by atoms with van der Waals surface area (Å²) in [7, 11) is 1.47. The van der Waals surface area contributed by atoms with Crippen molar-refractivity contribution in [2.24, 2.45) is 0 Å². The molecule has 0 aliphatic carbocycles. The molecule has 0 fully saturated rings. The average molecular weight is 586 g/mol. The van der Waals surface area contributed by atoms with Crippen molar-refractivity contribution in [2.45, 2.75) is 38.4 Å². The molecule has 1 atom stereocenters. The van der Waals surface area contributed by atoms with Gasteiger partial charge in [-0.15, -0.1) is 0 Å². The number of hydrogen-bond donors (Lipinski definition) is 2. The van der Waals surface area contributed by atoms with E-state index in [4.69, 9.17) is 23.2 Å². The summed E-state index contributed by atoms with van der Waals surface area (Å²) in [5.74, 6) is -2.39. The van der Waals surface area contributed by atoms with Gasteiger partial charge < -0.3 is 20.2 Å². The summed E-state index contributed by atoms with van der Waals surface area (Å²) < 4.78 is 38.8. The normalized spacial score (nSPS) is 14.5. The van der Waals surface area contributed by atoms with Gasteiger partial charge in [-0.2, -0.15) is 13.2 Å². The summed E-state index contributed by atoms with van der Waals surface area (Å²) in [4.78, 5) is 40.3. The molecule has 7 nitrogen and oxygen atoms in total. The molecule has 12 heteroatoms. The zero-order valence-electron chi connectivity index (χ0n) is 21.3. The number of hydrogen-bond acceptors (Lipinski definition) is 4. The van der Waals surface area contributed by atoms with Gasteiger partial charge >= 0.3 is 6.18 Å². The minimum absolute atomic E-state index is 0.0252. The Morgan fingerprint density at radius 1 is 1.13 bits per heavy atom. The molecule has 0 bridgehead atoms. The van der Waals surface area contributed by atoms with E-state index in [-0.39, 0.29) is 43.2 Å². The van der Waals surface area contributed by atoms with Crippen LogP contribution in [0.4, 0.5) is 13.2 Å². The van der Waals surface area contributed by atoms with E-state index in [0.717, 1.165) is 17.7 Å². The molecule has 1 aliphatic rings. The number of amides is 3. The predicted octanol–water partition coefficient (Wildman–Crippen LogP) is 4.80. The fourth-order valence-corrected chi connectivity index (χ4v) is 4.32. The second-order valence-corrected chi connectivity index (χ2v) is 10.2. The summed E-state index contributed by atoms with van der Waals surface area (Å²) >= 11 is 12.0. The number of nitrogens with one attached hydrogen (secondary N) is 1. The molecule has 3 rings (SSSR count). The zero-order chi connectivity index (χ0) is 28.9. The minimum atomic E-state index is -4.51. The Balaban J connectivity index is 1.48. The lowest BCUT2D eigenvalue weighted by Crippen LogP contribution is -2.39. The number of benzene rings is 2. The van der Waals surface area contributed by atoms with Crippen LogP contribution in [0.5, 0.6) is 0 Å². The van der Waals surface area contributed by atoms with E-state index < -0.39 is 35.2 Å². The number of likely N-dealkylation sites (N-methyl/N-ethyl adjacent to an activating group) is 1. The number of carbonyl (C=O) groups excluding carboxylic acids is 3. The molecule has 0 spiro atoms. The monoisotopic (exact) mass is 585 g/mol. The lowest BCUT2D eigenvalue weighted by atomic mass is 10.1. The number of nitrogens with zero attached hydrogens (tertiary/aromatic N) is 2. The van der Waals surface area contributed by atoms with E-state index in [1.807, 2.05) is 6.07 Å². The molecule has 3 amide bonds. The van der Waals surface area contributed by atoms with Crippen LogP contribution < -0.4 is 5.32 Å². The first kappa shape index (κ1) is 30.3. The molecule has 0 saturated carbocycles. The largest absolute Gasteiger partial charge is 0.503 e. The van der Waals surface area contributed by atoms with Crippen LogP contribution in [-0.2, 0) is 33.4 Å². The summed E-state index contributed by atoms with van der Waals surface area (Å²) in [6.07, 6.45) is -3.56. The standard InChI is InChI=1S/C27H28Cl2F3N3O4/c1-16(6-7-17-8-9-21(28)22(29)13-17)33-25(38)20-15-35(26(39)24(20)37)11-10-34(2)23(36)14-18-4-3-5-19(12-18)27(30,31)32/h3-5,8-9,12-13,16,37H,6-7,10-11,14-15H2,1-2H3,(H,33,38). The van der Waals surface area contributed by atoms with E-state index in [1.165, 1.54) is 29.0 Å². The Hall–Kier alpha value is -3.24. The highest BCUT2D eigenvalue weighted by atomic mass is 35.5. The van der Waals surface area contributed by atoms with Gasteiger partial charge in [0.15, 0.2) is 5.76 Å². The van der Waals surface area contributed by atoms with Crippen LogP contribution in [0, 0.1) is 0 Å². The Kier molecular flexibility index (Phi) is 9.90. The van der Waals surface area contributed by atoms with Crippen molar-refractivity contribution in [3.63, 3.8) is 0 Å². The van der Waals surface area contributed by atoms with Gasteiger partial charge in [-0.05, 0) is 49.1 Å². The maximum Gasteiger partial charge on any atom is 0.416 e. The molecule has 0 aromatic heterocycles. The lowest BCUT2D eigenvalue weighted by Gasteiger charge is -2.22. The van der Waals surface area contributed by atoms with Gasteiger partial charge in [-0.25, -0.2) is 0 Å². The Bertz CT molecular complexity index is 1280. The third-order valence-corrected chi connectivity index (χ3v) is 7.11. The van der Waals surface area contributed by atoms with Crippen LogP contribution in [0.1, 0.15) is 30.0 Å². The first-order chi connectivity index (χ1) is 18.3. The lowest BCUT2D eigenvalue weighted by molar-refractivity contribution is -0.138. The quantitative estimate of drug-likeness (QED) is 0.419. The fraction of sp³-hybridized carbons (Fsp3) is 0.370. The van der Waals surface area contributed by atoms with Crippen molar-refractivity contribution in [1.29, 1.82) is 0 Å². The zero-order valence-corrected chi connectivity index (χ0v) is 22.8. The highest BCUT2D eigenvalue weighted by Gasteiger charge is 2.34.